The van der Waals surface area contributed by atoms with Gasteiger partial charge in [0, 0.05) is 4.47 Å². The molecular formula is C10H11BrO2. The van der Waals surface area contributed by atoms with E-state index in [1.165, 1.54) is 0 Å². The maximum Gasteiger partial charge on any atom is 0.119 e. The molecule has 0 spiro atoms. The largest absolute Gasteiger partial charge is 0.491 e. The molecule has 2 nitrogen and oxygen atoms in total. The maximum atomic E-state index is 9.51. The predicted molar refractivity (Wildman–Crippen MR) is 53.8 cm³/mol. The molecule has 1 fully saturated rings. The van der Waals surface area contributed by atoms with Gasteiger partial charge in [-0.2, -0.15) is 0 Å². The minimum absolute atomic E-state index is 0.411. The van der Waals surface area contributed by atoms with Crippen LogP contribution in [0, 0.1) is 0 Å². The van der Waals surface area contributed by atoms with Crippen molar-refractivity contribution < 1.29 is 9.84 Å². The maximum absolute atomic E-state index is 9.51. The summed E-state index contributed by atoms with van der Waals surface area (Å²) in [5, 5.41) is 9.51. The van der Waals surface area contributed by atoms with E-state index in [-0.39, 0.29) is 0 Å². The standard InChI is InChI=1S/C10H11BrO2/c11-8-1-3-9(4-2-8)13-7-10(12)5-6-10/h1-4,12H,5-7H2. The molecule has 0 bridgehead atoms. The number of hydrogen-bond acceptors (Lipinski definition) is 2. The van der Waals surface area contributed by atoms with Crippen LogP contribution in [0.1, 0.15) is 12.8 Å². The molecule has 0 aliphatic heterocycles. The van der Waals surface area contributed by atoms with E-state index in [4.69, 9.17) is 4.74 Å². The molecule has 3 heteroatoms. The quantitative estimate of drug-likeness (QED) is 0.882. The van der Waals surface area contributed by atoms with Crippen molar-refractivity contribution in [1.29, 1.82) is 0 Å². The van der Waals surface area contributed by atoms with Crippen molar-refractivity contribution in [1.82, 2.24) is 0 Å². The highest BCUT2D eigenvalue weighted by atomic mass is 79.9. The molecule has 0 unspecified atom stereocenters. The lowest BCUT2D eigenvalue weighted by atomic mass is 10.3. The Morgan fingerprint density at radius 2 is 1.92 bits per heavy atom. The van der Waals surface area contributed by atoms with E-state index in [9.17, 15) is 5.11 Å². The van der Waals surface area contributed by atoms with E-state index >= 15 is 0 Å². The van der Waals surface area contributed by atoms with Gasteiger partial charge in [0.15, 0.2) is 0 Å². The van der Waals surface area contributed by atoms with Crippen LogP contribution in [0.4, 0.5) is 0 Å². The zero-order valence-electron chi connectivity index (χ0n) is 7.16. The summed E-state index contributed by atoms with van der Waals surface area (Å²) in [7, 11) is 0. The van der Waals surface area contributed by atoms with Gasteiger partial charge in [0.1, 0.15) is 12.4 Å². The molecule has 0 amide bonds. The average Bonchev–Trinajstić information content (AvgIpc) is 2.84. The van der Waals surface area contributed by atoms with E-state index in [0.717, 1.165) is 23.1 Å². The molecule has 0 heterocycles. The molecule has 1 N–H and O–H groups in total. The average molecular weight is 243 g/mol. The third kappa shape index (κ3) is 2.45. The van der Waals surface area contributed by atoms with E-state index in [1.54, 1.807) is 0 Å². The molecule has 0 radical (unpaired) electrons. The van der Waals surface area contributed by atoms with Crippen LogP contribution in [0.2, 0.25) is 0 Å². The van der Waals surface area contributed by atoms with Gasteiger partial charge in [0.25, 0.3) is 0 Å². The summed E-state index contributed by atoms with van der Waals surface area (Å²) in [5.41, 5.74) is -0.535. The Balaban J connectivity index is 1.91. The molecule has 1 aliphatic rings. The third-order valence-corrected chi connectivity index (χ3v) is 2.68. The van der Waals surface area contributed by atoms with E-state index in [0.29, 0.717) is 6.61 Å². The number of ether oxygens (including phenoxy) is 1. The van der Waals surface area contributed by atoms with Crippen molar-refractivity contribution in [3.8, 4) is 5.75 Å². The number of rotatable bonds is 3. The highest BCUT2D eigenvalue weighted by molar-refractivity contribution is 9.10. The Morgan fingerprint density at radius 1 is 1.31 bits per heavy atom. The van der Waals surface area contributed by atoms with Gasteiger partial charge in [0.2, 0.25) is 0 Å². The summed E-state index contributed by atoms with van der Waals surface area (Å²) >= 11 is 3.34. The topological polar surface area (TPSA) is 29.5 Å². The first-order chi connectivity index (χ1) is 6.18. The molecule has 0 aromatic heterocycles. The first-order valence-corrected chi connectivity index (χ1v) is 5.08. The van der Waals surface area contributed by atoms with Crippen molar-refractivity contribution in [3.05, 3.63) is 28.7 Å². The van der Waals surface area contributed by atoms with Crippen LogP contribution < -0.4 is 4.74 Å². The first-order valence-electron chi connectivity index (χ1n) is 4.29. The molecule has 1 aromatic rings. The summed E-state index contributed by atoms with van der Waals surface area (Å²) in [6.07, 6.45) is 1.73. The van der Waals surface area contributed by atoms with Gasteiger partial charge in [-0.15, -0.1) is 0 Å². The van der Waals surface area contributed by atoms with E-state index in [1.807, 2.05) is 24.3 Å². The lowest BCUT2D eigenvalue weighted by molar-refractivity contribution is 0.0856. The Kier molecular flexibility index (Phi) is 2.30. The number of aliphatic hydroxyl groups is 1. The number of benzene rings is 1. The molecule has 0 atom stereocenters. The number of halogens is 1. The van der Waals surface area contributed by atoms with Crippen molar-refractivity contribution in [2.75, 3.05) is 6.61 Å². The van der Waals surface area contributed by atoms with Crippen LogP contribution in [0.15, 0.2) is 28.7 Å². The van der Waals surface area contributed by atoms with Crippen LogP contribution in [0.5, 0.6) is 5.75 Å². The predicted octanol–water partition coefficient (Wildman–Crippen LogP) is 2.35. The van der Waals surface area contributed by atoms with Crippen molar-refractivity contribution >= 4 is 15.9 Å². The van der Waals surface area contributed by atoms with Crippen LogP contribution in [0.25, 0.3) is 0 Å². The summed E-state index contributed by atoms with van der Waals surface area (Å²) in [5.74, 6) is 0.809. The second-order valence-electron chi connectivity index (χ2n) is 3.47. The summed E-state index contributed by atoms with van der Waals surface area (Å²) in [6.45, 7) is 0.411. The Bertz CT molecular complexity index is 290. The van der Waals surface area contributed by atoms with Crippen molar-refractivity contribution in [2.45, 2.75) is 18.4 Å². The fourth-order valence-corrected chi connectivity index (χ4v) is 1.30. The molecule has 1 aliphatic carbocycles. The van der Waals surface area contributed by atoms with Gasteiger partial charge in [0.05, 0.1) is 5.60 Å². The molecule has 1 saturated carbocycles. The van der Waals surface area contributed by atoms with Crippen molar-refractivity contribution in [2.24, 2.45) is 0 Å². The zero-order valence-corrected chi connectivity index (χ0v) is 8.75. The molecule has 13 heavy (non-hydrogen) atoms. The Hall–Kier alpha value is -0.540. The van der Waals surface area contributed by atoms with Gasteiger partial charge in [-0.3, -0.25) is 0 Å². The molecule has 1 aromatic carbocycles. The fraction of sp³-hybridized carbons (Fsp3) is 0.400. The Morgan fingerprint density at radius 3 is 2.46 bits per heavy atom. The van der Waals surface area contributed by atoms with Gasteiger partial charge in [-0.1, -0.05) is 15.9 Å². The SMILES string of the molecule is OC1(COc2ccc(Br)cc2)CC1. The van der Waals surface area contributed by atoms with Gasteiger partial charge < -0.3 is 9.84 Å². The lowest BCUT2D eigenvalue weighted by Crippen LogP contribution is -2.18. The number of hydrogen-bond donors (Lipinski definition) is 1. The second-order valence-corrected chi connectivity index (χ2v) is 4.38. The van der Waals surface area contributed by atoms with Crippen LogP contribution in [-0.2, 0) is 0 Å². The molecular weight excluding hydrogens is 232 g/mol. The third-order valence-electron chi connectivity index (χ3n) is 2.15. The highest BCUT2D eigenvalue weighted by Gasteiger charge is 2.41. The van der Waals surface area contributed by atoms with Gasteiger partial charge >= 0.3 is 0 Å². The van der Waals surface area contributed by atoms with Gasteiger partial charge in [-0.05, 0) is 37.1 Å². The van der Waals surface area contributed by atoms with Crippen LogP contribution in [-0.4, -0.2) is 17.3 Å². The summed E-state index contributed by atoms with van der Waals surface area (Å²) < 4.78 is 6.45. The smallest absolute Gasteiger partial charge is 0.119 e. The monoisotopic (exact) mass is 242 g/mol. The van der Waals surface area contributed by atoms with Gasteiger partial charge in [-0.25, -0.2) is 0 Å². The van der Waals surface area contributed by atoms with E-state index < -0.39 is 5.60 Å². The second kappa shape index (κ2) is 3.31. The van der Waals surface area contributed by atoms with E-state index in [2.05, 4.69) is 15.9 Å². The minimum atomic E-state index is -0.535. The minimum Gasteiger partial charge on any atom is -0.491 e. The zero-order chi connectivity index (χ0) is 9.31. The molecule has 2 rings (SSSR count). The van der Waals surface area contributed by atoms with Crippen LogP contribution >= 0.6 is 15.9 Å². The molecule has 70 valence electrons. The summed E-state index contributed by atoms with van der Waals surface area (Å²) in [4.78, 5) is 0. The normalized spacial score (nSPS) is 18.3. The Labute approximate surface area is 85.7 Å². The highest BCUT2D eigenvalue weighted by Crippen LogP contribution is 2.35. The molecule has 0 saturated heterocycles. The van der Waals surface area contributed by atoms with Crippen LogP contribution in [0.3, 0.4) is 0 Å². The first kappa shape index (κ1) is 9.03. The fourth-order valence-electron chi connectivity index (χ4n) is 1.04. The summed E-state index contributed by atoms with van der Waals surface area (Å²) in [6, 6.07) is 7.62. The van der Waals surface area contributed by atoms with Crippen molar-refractivity contribution in [3.63, 3.8) is 0 Å². The lowest BCUT2D eigenvalue weighted by Gasteiger charge is -2.09.